The van der Waals surface area contributed by atoms with E-state index in [0.717, 1.165) is 30.6 Å². The van der Waals surface area contributed by atoms with Crippen LogP contribution in [0.5, 0.6) is 0 Å². The second kappa shape index (κ2) is 7.24. The van der Waals surface area contributed by atoms with Crippen molar-refractivity contribution in [2.45, 2.75) is 18.9 Å². The molecule has 3 aromatic rings. The third-order valence-electron chi connectivity index (χ3n) is 5.71. The van der Waals surface area contributed by atoms with Gasteiger partial charge in [-0.3, -0.25) is 4.79 Å². The van der Waals surface area contributed by atoms with Crippen molar-refractivity contribution in [1.29, 1.82) is 0 Å². The van der Waals surface area contributed by atoms with E-state index in [1.165, 1.54) is 11.1 Å². The van der Waals surface area contributed by atoms with Gasteiger partial charge in [0.05, 0.1) is 18.6 Å². The fourth-order valence-electron chi connectivity index (χ4n) is 4.30. The fraction of sp³-hybridized carbons (Fsp3) is 0.261. The molecule has 1 fully saturated rings. The lowest BCUT2D eigenvalue weighted by molar-refractivity contribution is 0.0777. The molecule has 0 atom stereocenters. The fourth-order valence-corrected chi connectivity index (χ4v) is 4.30. The topological polar surface area (TPSA) is 50.2 Å². The maximum atomic E-state index is 13.2. The van der Waals surface area contributed by atoms with Gasteiger partial charge in [-0.15, -0.1) is 0 Å². The van der Waals surface area contributed by atoms with E-state index < -0.39 is 0 Å². The van der Waals surface area contributed by atoms with E-state index in [-0.39, 0.29) is 11.9 Å². The Morgan fingerprint density at radius 2 is 1.71 bits per heavy atom. The summed E-state index contributed by atoms with van der Waals surface area (Å²) in [6.07, 6.45) is 3.80. The SMILES string of the molecule is O=C(c1ncn(C2Cc3ccccc3C2)c1-c1ccccc1)N1[CH]CNCC1. The zero-order valence-electron chi connectivity index (χ0n) is 15.7. The molecule has 1 aliphatic carbocycles. The molecule has 0 saturated carbocycles. The van der Waals surface area contributed by atoms with E-state index in [2.05, 4.69) is 51.3 Å². The lowest BCUT2D eigenvalue weighted by Gasteiger charge is -2.26. The Morgan fingerprint density at radius 1 is 1.00 bits per heavy atom. The summed E-state index contributed by atoms with van der Waals surface area (Å²) in [6, 6.07) is 19.1. The third-order valence-corrected chi connectivity index (χ3v) is 5.71. The lowest BCUT2D eigenvalue weighted by atomic mass is 10.1. The molecule has 5 nitrogen and oxygen atoms in total. The molecule has 0 unspecified atom stereocenters. The van der Waals surface area contributed by atoms with E-state index in [1.54, 1.807) is 4.90 Å². The average molecular weight is 371 g/mol. The lowest BCUT2D eigenvalue weighted by Crippen LogP contribution is -2.43. The van der Waals surface area contributed by atoms with Gasteiger partial charge < -0.3 is 14.8 Å². The summed E-state index contributed by atoms with van der Waals surface area (Å²) in [4.78, 5) is 19.6. The number of rotatable bonds is 3. The van der Waals surface area contributed by atoms with Gasteiger partial charge in [0, 0.05) is 31.2 Å². The van der Waals surface area contributed by atoms with E-state index in [0.29, 0.717) is 18.8 Å². The van der Waals surface area contributed by atoms with Gasteiger partial charge in [-0.25, -0.2) is 4.98 Å². The van der Waals surface area contributed by atoms with E-state index >= 15 is 0 Å². The van der Waals surface area contributed by atoms with Gasteiger partial charge in [-0.05, 0) is 24.0 Å². The Bertz CT molecular complexity index is 964. The second-order valence-electron chi connectivity index (χ2n) is 7.43. The largest absolute Gasteiger partial charge is 0.330 e. The molecule has 2 heterocycles. The maximum absolute atomic E-state index is 13.2. The van der Waals surface area contributed by atoms with Gasteiger partial charge in [0.2, 0.25) is 0 Å². The highest BCUT2D eigenvalue weighted by Gasteiger charge is 2.30. The standard InChI is InChI=1S/C23H23N4O/c28-23(26-12-10-24-11-13-26)21-22(17-6-2-1-3-7-17)27(16-25-21)20-14-18-8-4-5-9-19(18)15-20/h1-9,12,16,20,24H,10-11,13-15H2. The van der Waals surface area contributed by atoms with Gasteiger partial charge >= 0.3 is 0 Å². The Kier molecular flexibility index (Phi) is 4.45. The number of nitrogens with one attached hydrogen (secondary N) is 1. The number of nitrogens with zero attached hydrogens (tertiary/aromatic N) is 3. The molecule has 1 radical (unpaired) electrons. The van der Waals surface area contributed by atoms with Crippen LogP contribution in [-0.2, 0) is 12.8 Å². The van der Waals surface area contributed by atoms with E-state index in [1.807, 2.05) is 31.1 Å². The number of carbonyl (C=O) groups is 1. The number of hydrogen-bond donors (Lipinski definition) is 1. The van der Waals surface area contributed by atoms with Crippen molar-refractivity contribution in [1.82, 2.24) is 19.8 Å². The Hall–Kier alpha value is -2.92. The zero-order chi connectivity index (χ0) is 18.9. The summed E-state index contributed by atoms with van der Waals surface area (Å²) in [7, 11) is 0. The van der Waals surface area contributed by atoms with E-state index in [4.69, 9.17) is 0 Å². The molecule has 2 aromatic carbocycles. The zero-order valence-corrected chi connectivity index (χ0v) is 15.7. The molecular weight excluding hydrogens is 348 g/mol. The molecule has 2 aliphatic rings. The minimum Gasteiger partial charge on any atom is -0.330 e. The van der Waals surface area contributed by atoms with Crippen molar-refractivity contribution in [3.8, 4) is 11.3 Å². The third kappa shape index (κ3) is 3.02. The number of piperazine rings is 1. The molecule has 1 saturated heterocycles. The number of fused-ring (bicyclic) bond motifs is 1. The van der Waals surface area contributed by atoms with Gasteiger partial charge in [0.15, 0.2) is 5.69 Å². The van der Waals surface area contributed by atoms with Crippen LogP contribution in [0.15, 0.2) is 60.9 Å². The van der Waals surface area contributed by atoms with Crippen LogP contribution < -0.4 is 5.32 Å². The van der Waals surface area contributed by atoms with Crippen LogP contribution in [0, 0.1) is 6.54 Å². The predicted octanol–water partition coefficient (Wildman–Crippen LogP) is 3.10. The summed E-state index contributed by atoms with van der Waals surface area (Å²) in [5.41, 5.74) is 5.29. The minimum atomic E-state index is -0.0189. The van der Waals surface area contributed by atoms with Gasteiger partial charge in [0.1, 0.15) is 0 Å². The number of imidazole rings is 1. The predicted molar refractivity (Wildman–Crippen MR) is 109 cm³/mol. The van der Waals surface area contributed by atoms with E-state index in [9.17, 15) is 4.79 Å². The number of amides is 1. The maximum Gasteiger partial charge on any atom is 0.275 e. The molecule has 0 spiro atoms. The summed E-state index contributed by atoms with van der Waals surface area (Å²) >= 11 is 0. The van der Waals surface area contributed by atoms with Crippen molar-refractivity contribution >= 4 is 5.91 Å². The average Bonchev–Trinajstić information content (AvgIpc) is 3.38. The molecule has 28 heavy (non-hydrogen) atoms. The normalized spacial score (nSPS) is 16.9. The number of hydrogen-bond acceptors (Lipinski definition) is 3. The Balaban J connectivity index is 1.55. The molecule has 0 bridgehead atoms. The number of carbonyl (C=O) groups excluding carboxylic acids is 1. The van der Waals surface area contributed by atoms with Crippen molar-refractivity contribution < 1.29 is 4.79 Å². The van der Waals surface area contributed by atoms with Crippen LogP contribution >= 0.6 is 0 Å². The summed E-state index contributed by atoms with van der Waals surface area (Å²) in [6.45, 7) is 4.12. The summed E-state index contributed by atoms with van der Waals surface area (Å²) < 4.78 is 2.21. The quantitative estimate of drug-likeness (QED) is 0.770. The first-order valence-electron chi connectivity index (χ1n) is 9.85. The number of benzene rings is 2. The summed E-state index contributed by atoms with van der Waals surface area (Å²) in [5, 5.41) is 3.25. The van der Waals surface area contributed by atoms with Crippen molar-refractivity contribution in [2.75, 3.05) is 19.6 Å². The number of aromatic nitrogens is 2. The van der Waals surface area contributed by atoms with Crippen LogP contribution in [0.2, 0.25) is 0 Å². The molecule has 1 aromatic heterocycles. The van der Waals surface area contributed by atoms with Gasteiger partial charge in [-0.1, -0.05) is 54.6 Å². The van der Waals surface area contributed by atoms with Crippen molar-refractivity contribution in [3.05, 3.63) is 84.3 Å². The van der Waals surface area contributed by atoms with Crippen molar-refractivity contribution in [3.63, 3.8) is 0 Å². The van der Waals surface area contributed by atoms with Gasteiger partial charge in [-0.2, -0.15) is 0 Å². The molecular formula is C23H23N4O. The van der Waals surface area contributed by atoms with Crippen LogP contribution in [0.3, 0.4) is 0 Å². The molecule has 141 valence electrons. The summed E-state index contributed by atoms with van der Waals surface area (Å²) in [5.74, 6) is -0.0189. The highest BCUT2D eigenvalue weighted by atomic mass is 16.2. The Morgan fingerprint density at radius 3 is 2.39 bits per heavy atom. The second-order valence-corrected chi connectivity index (χ2v) is 7.43. The highest BCUT2D eigenvalue weighted by Crippen LogP contribution is 2.35. The molecule has 1 aliphatic heterocycles. The smallest absolute Gasteiger partial charge is 0.275 e. The van der Waals surface area contributed by atoms with Crippen LogP contribution in [-0.4, -0.2) is 40.0 Å². The monoisotopic (exact) mass is 371 g/mol. The molecule has 5 heteroatoms. The molecule has 5 rings (SSSR count). The molecule has 1 amide bonds. The highest BCUT2D eigenvalue weighted by molar-refractivity contribution is 5.98. The Labute approximate surface area is 165 Å². The van der Waals surface area contributed by atoms with Gasteiger partial charge in [0.25, 0.3) is 5.91 Å². The minimum absolute atomic E-state index is 0.0189. The van der Waals surface area contributed by atoms with Crippen molar-refractivity contribution in [2.24, 2.45) is 0 Å². The van der Waals surface area contributed by atoms with Crippen LogP contribution in [0.25, 0.3) is 11.3 Å². The van der Waals surface area contributed by atoms with Crippen LogP contribution in [0.4, 0.5) is 0 Å². The van der Waals surface area contributed by atoms with Crippen LogP contribution in [0.1, 0.15) is 27.7 Å². The first kappa shape index (κ1) is 17.2. The first-order chi connectivity index (χ1) is 13.8. The molecule has 1 N–H and O–H groups in total. The first-order valence-corrected chi connectivity index (χ1v) is 9.85.